The van der Waals surface area contributed by atoms with E-state index in [-0.39, 0.29) is 5.91 Å². The molecule has 0 radical (unpaired) electrons. The molecule has 110 valence electrons. The van der Waals surface area contributed by atoms with Crippen LogP contribution in [0.15, 0.2) is 18.3 Å². The molecule has 5 heteroatoms. The molecule has 0 aliphatic heterocycles. The first-order valence-corrected chi connectivity index (χ1v) is 8.41. The summed E-state index contributed by atoms with van der Waals surface area (Å²) in [6.07, 6.45) is 5.47. The molecule has 0 spiro atoms. The number of carbonyl (C=O) groups is 1. The van der Waals surface area contributed by atoms with E-state index in [2.05, 4.69) is 22.5 Å². The maximum absolute atomic E-state index is 11.8. The highest BCUT2D eigenvalue weighted by molar-refractivity contribution is 7.99. The molecule has 2 unspecified atom stereocenters. The van der Waals surface area contributed by atoms with Crippen LogP contribution in [0.1, 0.15) is 43.6 Å². The predicted molar refractivity (Wildman–Crippen MR) is 85.4 cm³/mol. The van der Waals surface area contributed by atoms with E-state index in [4.69, 9.17) is 0 Å². The van der Waals surface area contributed by atoms with Gasteiger partial charge in [0.2, 0.25) is 0 Å². The zero-order valence-electron chi connectivity index (χ0n) is 12.2. The lowest BCUT2D eigenvalue weighted by molar-refractivity contribution is 0.0951. The van der Waals surface area contributed by atoms with Crippen molar-refractivity contribution in [1.82, 2.24) is 10.3 Å². The molecule has 2 N–H and O–H groups in total. The maximum atomic E-state index is 11.8. The summed E-state index contributed by atoms with van der Waals surface area (Å²) >= 11 is 2.03. The van der Waals surface area contributed by atoms with E-state index in [1.807, 2.05) is 30.8 Å². The third-order valence-corrected chi connectivity index (χ3v) is 4.84. The minimum absolute atomic E-state index is 0.109. The molecule has 1 aromatic rings. The first-order chi connectivity index (χ1) is 9.74. The molecule has 1 aliphatic carbocycles. The molecule has 1 fully saturated rings. The summed E-state index contributed by atoms with van der Waals surface area (Å²) in [5.41, 5.74) is 1.48. The Morgan fingerprint density at radius 2 is 2.30 bits per heavy atom. The smallest absolute Gasteiger partial charge is 0.269 e. The van der Waals surface area contributed by atoms with Crippen LogP contribution in [0.25, 0.3) is 0 Å². The van der Waals surface area contributed by atoms with Gasteiger partial charge in [-0.05, 0) is 37.7 Å². The van der Waals surface area contributed by atoms with Crippen LogP contribution < -0.4 is 10.6 Å². The quantitative estimate of drug-likeness (QED) is 0.847. The lowest BCUT2D eigenvalue weighted by Crippen LogP contribution is -2.27. The van der Waals surface area contributed by atoms with E-state index < -0.39 is 0 Å². The van der Waals surface area contributed by atoms with Crippen molar-refractivity contribution in [2.75, 3.05) is 17.6 Å². The normalized spacial score (nSPS) is 21.7. The topological polar surface area (TPSA) is 54.0 Å². The molecule has 1 aromatic heterocycles. The van der Waals surface area contributed by atoms with Crippen LogP contribution in [-0.2, 0) is 0 Å². The molecule has 0 bridgehead atoms. The molecule has 0 aromatic carbocycles. The van der Waals surface area contributed by atoms with Crippen molar-refractivity contribution in [3.63, 3.8) is 0 Å². The lowest BCUT2D eigenvalue weighted by Gasteiger charge is -2.21. The summed E-state index contributed by atoms with van der Waals surface area (Å²) in [6.45, 7) is 4.74. The van der Waals surface area contributed by atoms with Gasteiger partial charge in [0, 0.05) is 29.7 Å². The number of nitrogens with zero attached hydrogens (tertiary/aromatic N) is 1. The van der Waals surface area contributed by atoms with Gasteiger partial charge in [-0.15, -0.1) is 0 Å². The van der Waals surface area contributed by atoms with Crippen LogP contribution in [0, 0.1) is 0 Å². The van der Waals surface area contributed by atoms with Gasteiger partial charge in [-0.2, -0.15) is 11.8 Å². The van der Waals surface area contributed by atoms with Crippen molar-refractivity contribution in [2.24, 2.45) is 0 Å². The summed E-state index contributed by atoms with van der Waals surface area (Å²) in [6, 6.07) is 4.29. The largest absolute Gasteiger partial charge is 0.381 e. The Balaban J connectivity index is 2.02. The van der Waals surface area contributed by atoms with E-state index in [1.54, 1.807) is 6.20 Å². The van der Waals surface area contributed by atoms with Crippen LogP contribution >= 0.6 is 11.8 Å². The Morgan fingerprint density at radius 3 is 3.05 bits per heavy atom. The van der Waals surface area contributed by atoms with Crippen molar-refractivity contribution in [3.05, 3.63) is 24.0 Å². The molecule has 4 nitrogen and oxygen atoms in total. The number of rotatable bonds is 6. The zero-order chi connectivity index (χ0) is 14.4. The first-order valence-electron chi connectivity index (χ1n) is 7.37. The van der Waals surface area contributed by atoms with Crippen LogP contribution in [0.5, 0.6) is 0 Å². The Hall–Kier alpha value is -1.23. The van der Waals surface area contributed by atoms with Gasteiger partial charge in [0.15, 0.2) is 0 Å². The van der Waals surface area contributed by atoms with E-state index in [0.717, 1.165) is 11.4 Å². The lowest BCUT2D eigenvalue weighted by atomic mass is 10.2. The summed E-state index contributed by atoms with van der Waals surface area (Å²) in [4.78, 5) is 15.9. The Kier molecular flexibility index (Phi) is 5.71. The van der Waals surface area contributed by atoms with Gasteiger partial charge < -0.3 is 10.6 Å². The summed E-state index contributed by atoms with van der Waals surface area (Å²) in [7, 11) is 0. The number of carbonyl (C=O) groups excluding carboxylic acids is 1. The summed E-state index contributed by atoms with van der Waals surface area (Å²) in [5.74, 6) is 1.05. The van der Waals surface area contributed by atoms with E-state index in [0.29, 0.717) is 23.5 Å². The summed E-state index contributed by atoms with van der Waals surface area (Å²) < 4.78 is 0. The predicted octanol–water partition coefficient (Wildman–Crippen LogP) is 2.92. The molecule has 2 atom stereocenters. The third kappa shape index (κ3) is 3.88. The van der Waals surface area contributed by atoms with Gasteiger partial charge in [-0.25, -0.2) is 0 Å². The van der Waals surface area contributed by atoms with E-state index >= 15 is 0 Å². The maximum Gasteiger partial charge on any atom is 0.269 e. The highest BCUT2D eigenvalue weighted by Crippen LogP contribution is 2.32. The van der Waals surface area contributed by atoms with Crippen LogP contribution in [0.3, 0.4) is 0 Å². The van der Waals surface area contributed by atoms with E-state index in [9.17, 15) is 4.79 Å². The average molecular weight is 293 g/mol. The fourth-order valence-electron chi connectivity index (χ4n) is 2.61. The van der Waals surface area contributed by atoms with Crippen molar-refractivity contribution in [3.8, 4) is 0 Å². The molecule has 1 amide bonds. The zero-order valence-corrected chi connectivity index (χ0v) is 13.0. The van der Waals surface area contributed by atoms with Crippen molar-refractivity contribution < 1.29 is 4.79 Å². The average Bonchev–Trinajstić information content (AvgIpc) is 2.87. The van der Waals surface area contributed by atoms with Crippen molar-refractivity contribution in [2.45, 2.75) is 44.4 Å². The number of hydrogen-bond donors (Lipinski definition) is 2. The van der Waals surface area contributed by atoms with Crippen LogP contribution in [0.2, 0.25) is 0 Å². The van der Waals surface area contributed by atoms with Gasteiger partial charge in [0.05, 0.1) is 0 Å². The molecule has 2 rings (SSSR count). The highest BCUT2D eigenvalue weighted by atomic mass is 32.2. The number of aromatic nitrogens is 1. The standard InChI is InChI=1S/C15H23N3OS/c1-3-16-15(19)13-10-11(8-9-17-13)18-12-6-5-7-14(12)20-4-2/h8-10,12,14H,3-7H2,1-2H3,(H,16,19)(H,17,18). The number of nitrogens with one attached hydrogen (secondary N) is 2. The third-order valence-electron chi connectivity index (χ3n) is 3.52. The minimum Gasteiger partial charge on any atom is -0.381 e. The minimum atomic E-state index is -0.109. The molecule has 20 heavy (non-hydrogen) atoms. The highest BCUT2D eigenvalue weighted by Gasteiger charge is 2.27. The van der Waals surface area contributed by atoms with Gasteiger partial charge in [-0.3, -0.25) is 9.78 Å². The Labute approximate surface area is 125 Å². The number of thioether (sulfide) groups is 1. The van der Waals surface area contributed by atoms with Gasteiger partial charge in [0.1, 0.15) is 5.69 Å². The number of pyridine rings is 1. The van der Waals surface area contributed by atoms with E-state index in [1.165, 1.54) is 19.3 Å². The van der Waals surface area contributed by atoms with Crippen molar-refractivity contribution >= 4 is 23.4 Å². The van der Waals surface area contributed by atoms with Crippen molar-refractivity contribution in [1.29, 1.82) is 0 Å². The fourth-order valence-corrected chi connectivity index (χ4v) is 3.81. The number of anilines is 1. The summed E-state index contributed by atoms with van der Waals surface area (Å²) in [5, 5.41) is 7.03. The van der Waals surface area contributed by atoms with Gasteiger partial charge in [0.25, 0.3) is 5.91 Å². The molecular formula is C15H23N3OS. The molecule has 1 heterocycles. The molecular weight excluding hydrogens is 270 g/mol. The first kappa shape index (κ1) is 15.2. The second kappa shape index (κ2) is 7.53. The number of hydrogen-bond acceptors (Lipinski definition) is 4. The second-order valence-corrected chi connectivity index (χ2v) is 6.48. The Bertz CT molecular complexity index is 452. The SMILES string of the molecule is CCNC(=O)c1cc(NC2CCCC2SCC)ccn1. The van der Waals surface area contributed by atoms with Gasteiger partial charge >= 0.3 is 0 Å². The molecule has 0 saturated heterocycles. The van der Waals surface area contributed by atoms with Crippen LogP contribution in [-0.4, -0.2) is 34.5 Å². The van der Waals surface area contributed by atoms with Crippen LogP contribution in [0.4, 0.5) is 5.69 Å². The fraction of sp³-hybridized carbons (Fsp3) is 0.600. The second-order valence-electron chi connectivity index (χ2n) is 4.96. The number of amides is 1. The molecule has 1 aliphatic rings. The molecule has 1 saturated carbocycles. The monoisotopic (exact) mass is 293 g/mol. The van der Waals surface area contributed by atoms with Gasteiger partial charge in [-0.1, -0.05) is 13.3 Å². The Morgan fingerprint density at radius 1 is 1.45 bits per heavy atom.